The monoisotopic (exact) mass is 535 g/mol. The van der Waals surface area contributed by atoms with Gasteiger partial charge in [-0.2, -0.15) is 0 Å². The quantitative estimate of drug-likeness (QED) is 0.0567. The summed E-state index contributed by atoms with van der Waals surface area (Å²) in [4.78, 5) is 14.3. The maximum Gasteiger partial charge on any atom is 0.508 e. The summed E-state index contributed by atoms with van der Waals surface area (Å²) in [5.74, 6) is 0. The molecule has 1 atom stereocenters. The molecule has 0 spiro atoms. The summed E-state index contributed by atoms with van der Waals surface area (Å²) < 4.78 is 11.1. The fourth-order valence-electron chi connectivity index (χ4n) is 4.66. The molecular weight excluding hydrogens is 470 g/mol. The van der Waals surface area contributed by atoms with E-state index in [0.29, 0.717) is 6.61 Å². The Bertz CT molecular complexity index is 544. The van der Waals surface area contributed by atoms with Crippen LogP contribution in [0, 0.1) is 0 Å². The van der Waals surface area contributed by atoms with Crippen LogP contribution in [0.5, 0.6) is 0 Å². The van der Waals surface area contributed by atoms with Crippen molar-refractivity contribution >= 4 is 6.16 Å². The Morgan fingerprint density at radius 2 is 1.11 bits per heavy atom. The smallest absolute Gasteiger partial charge is 0.434 e. The van der Waals surface area contributed by atoms with Crippen LogP contribution in [0.15, 0.2) is 24.3 Å². The number of rotatable bonds is 28. The van der Waals surface area contributed by atoms with Gasteiger partial charge in [0.1, 0.15) is 6.10 Å². The molecule has 0 saturated heterocycles. The highest BCUT2D eigenvalue weighted by atomic mass is 16.7. The molecule has 0 aliphatic heterocycles. The largest absolute Gasteiger partial charge is 0.508 e. The second kappa shape index (κ2) is 30.3. The molecule has 0 heterocycles. The third-order valence-corrected chi connectivity index (χ3v) is 7.09. The maximum atomic E-state index is 12.2. The van der Waals surface area contributed by atoms with Crippen molar-refractivity contribution in [2.24, 2.45) is 0 Å². The van der Waals surface area contributed by atoms with Gasteiger partial charge in [-0.3, -0.25) is 0 Å². The standard InChI is InChI=1S/C34H65NO3/c1-5-7-9-11-13-15-16-17-18-19-20-21-23-25-27-30-33(29-26-24-22-14-12-10-8-6-2)38-34(36)37-32-28-31-35(3)4/h13,15,17-18,33H,5-12,14,16,19-32H2,1-4H3. The second-order valence-electron chi connectivity index (χ2n) is 11.3. The Labute approximate surface area is 238 Å². The predicted octanol–water partition coefficient (Wildman–Crippen LogP) is 10.8. The fourth-order valence-corrected chi connectivity index (χ4v) is 4.66. The minimum atomic E-state index is -0.476. The molecule has 0 N–H and O–H groups in total. The first-order chi connectivity index (χ1) is 18.6. The van der Waals surface area contributed by atoms with Crippen LogP contribution in [0.2, 0.25) is 0 Å². The Kier molecular flexibility index (Phi) is 29.2. The molecule has 0 aromatic rings. The van der Waals surface area contributed by atoms with Crippen molar-refractivity contribution in [1.82, 2.24) is 4.90 Å². The first-order valence-electron chi connectivity index (χ1n) is 16.4. The third kappa shape index (κ3) is 29.3. The maximum absolute atomic E-state index is 12.2. The summed E-state index contributed by atoms with van der Waals surface area (Å²) in [5, 5.41) is 0. The lowest BCUT2D eigenvalue weighted by Crippen LogP contribution is -2.21. The summed E-state index contributed by atoms with van der Waals surface area (Å²) in [7, 11) is 4.06. The molecule has 0 bridgehead atoms. The topological polar surface area (TPSA) is 38.8 Å². The highest BCUT2D eigenvalue weighted by molar-refractivity contribution is 5.60. The molecule has 38 heavy (non-hydrogen) atoms. The molecule has 0 aromatic heterocycles. The van der Waals surface area contributed by atoms with Gasteiger partial charge in [-0.25, -0.2) is 4.79 Å². The van der Waals surface area contributed by atoms with Gasteiger partial charge in [-0.1, -0.05) is 115 Å². The van der Waals surface area contributed by atoms with Crippen molar-refractivity contribution < 1.29 is 14.3 Å². The fraction of sp³-hybridized carbons (Fsp3) is 0.853. The van der Waals surface area contributed by atoms with Crippen LogP contribution in [0.25, 0.3) is 0 Å². The van der Waals surface area contributed by atoms with Crippen molar-refractivity contribution in [3.63, 3.8) is 0 Å². The van der Waals surface area contributed by atoms with E-state index in [-0.39, 0.29) is 6.10 Å². The third-order valence-electron chi connectivity index (χ3n) is 7.09. The zero-order valence-electron chi connectivity index (χ0n) is 26.0. The van der Waals surface area contributed by atoms with E-state index in [1.54, 1.807) is 0 Å². The molecule has 0 saturated carbocycles. The lowest BCUT2D eigenvalue weighted by atomic mass is 10.0. The van der Waals surface area contributed by atoms with Gasteiger partial charge in [-0.05, 0) is 78.3 Å². The second-order valence-corrected chi connectivity index (χ2v) is 11.3. The summed E-state index contributed by atoms with van der Waals surface area (Å²) in [6.07, 6.45) is 35.7. The SMILES string of the molecule is CCCCCC=CCC=CCCCCCCCC(CCCCCCCCCC)OC(=O)OCCCN(C)C. The molecular formula is C34H65NO3. The van der Waals surface area contributed by atoms with Crippen LogP contribution in [-0.4, -0.2) is 44.4 Å². The number of carbonyl (C=O) groups is 1. The number of unbranched alkanes of at least 4 members (excludes halogenated alkanes) is 15. The average Bonchev–Trinajstić information content (AvgIpc) is 2.90. The van der Waals surface area contributed by atoms with Crippen molar-refractivity contribution in [1.29, 1.82) is 0 Å². The Hall–Kier alpha value is -1.29. The van der Waals surface area contributed by atoms with E-state index >= 15 is 0 Å². The summed E-state index contributed by atoms with van der Waals surface area (Å²) in [5.41, 5.74) is 0. The van der Waals surface area contributed by atoms with Crippen LogP contribution in [0.1, 0.15) is 155 Å². The minimum absolute atomic E-state index is 0.00870. The first kappa shape index (κ1) is 36.7. The lowest BCUT2D eigenvalue weighted by Gasteiger charge is -2.18. The van der Waals surface area contributed by atoms with Crippen molar-refractivity contribution in [2.75, 3.05) is 27.2 Å². The van der Waals surface area contributed by atoms with Crippen LogP contribution in [0.3, 0.4) is 0 Å². The summed E-state index contributed by atoms with van der Waals surface area (Å²) >= 11 is 0. The van der Waals surface area contributed by atoms with Crippen molar-refractivity contribution in [2.45, 2.75) is 161 Å². The van der Waals surface area contributed by atoms with Gasteiger partial charge >= 0.3 is 6.16 Å². The van der Waals surface area contributed by atoms with E-state index in [0.717, 1.165) is 45.1 Å². The number of hydrogen-bond acceptors (Lipinski definition) is 4. The van der Waals surface area contributed by atoms with E-state index in [1.165, 1.54) is 103 Å². The Morgan fingerprint density at radius 3 is 1.66 bits per heavy atom. The molecule has 0 fully saturated rings. The van der Waals surface area contributed by atoms with Gasteiger partial charge in [0, 0.05) is 6.54 Å². The highest BCUT2D eigenvalue weighted by Crippen LogP contribution is 2.18. The molecule has 1 unspecified atom stereocenters. The molecule has 0 aromatic carbocycles. The molecule has 0 radical (unpaired) electrons. The molecule has 0 aliphatic rings. The van der Waals surface area contributed by atoms with Crippen LogP contribution in [-0.2, 0) is 9.47 Å². The number of ether oxygens (including phenoxy) is 2. The number of allylic oxidation sites excluding steroid dienone is 4. The normalized spacial score (nSPS) is 12.7. The van der Waals surface area contributed by atoms with Gasteiger partial charge in [0.25, 0.3) is 0 Å². The van der Waals surface area contributed by atoms with E-state index in [1.807, 2.05) is 14.1 Å². The number of hydrogen-bond donors (Lipinski definition) is 0. The summed E-state index contributed by atoms with van der Waals surface area (Å²) in [6.45, 7) is 5.87. The van der Waals surface area contributed by atoms with E-state index in [2.05, 4.69) is 43.1 Å². The number of nitrogens with zero attached hydrogens (tertiary/aromatic N) is 1. The minimum Gasteiger partial charge on any atom is -0.434 e. The zero-order valence-corrected chi connectivity index (χ0v) is 26.0. The zero-order chi connectivity index (χ0) is 27.9. The van der Waals surface area contributed by atoms with Gasteiger partial charge in [-0.15, -0.1) is 0 Å². The molecule has 224 valence electrons. The van der Waals surface area contributed by atoms with Crippen molar-refractivity contribution in [3.8, 4) is 0 Å². The van der Waals surface area contributed by atoms with E-state index < -0.39 is 6.16 Å². The Balaban J connectivity index is 4.02. The molecule has 0 amide bonds. The van der Waals surface area contributed by atoms with Gasteiger partial charge in [0.2, 0.25) is 0 Å². The highest BCUT2D eigenvalue weighted by Gasteiger charge is 2.15. The first-order valence-corrected chi connectivity index (χ1v) is 16.4. The lowest BCUT2D eigenvalue weighted by molar-refractivity contribution is 0.0150. The van der Waals surface area contributed by atoms with Gasteiger partial charge in [0.05, 0.1) is 6.61 Å². The Morgan fingerprint density at radius 1 is 0.632 bits per heavy atom. The molecule has 0 aliphatic carbocycles. The molecule has 4 nitrogen and oxygen atoms in total. The van der Waals surface area contributed by atoms with Crippen LogP contribution in [0.4, 0.5) is 4.79 Å². The van der Waals surface area contributed by atoms with Gasteiger partial charge in [0.15, 0.2) is 0 Å². The van der Waals surface area contributed by atoms with Crippen LogP contribution < -0.4 is 0 Å². The molecule has 0 rings (SSSR count). The molecule has 4 heteroatoms. The predicted molar refractivity (Wildman–Crippen MR) is 166 cm³/mol. The van der Waals surface area contributed by atoms with Crippen LogP contribution >= 0.6 is 0 Å². The van der Waals surface area contributed by atoms with E-state index in [4.69, 9.17) is 9.47 Å². The van der Waals surface area contributed by atoms with Crippen molar-refractivity contribution in [3.05, 3.63) is 24.3 Å². The average molecular weight is 536 g/mol. The number of carbonyl (C=O) groups excluding carboxylic acids is 1. The van der Waals surface area contributed by atoms with E-state index in [9.17, 15) is 4.79 Å². The van der Waals surface area contributed by atoms with Gasteiger partial charge < -0.3 is 14.4 Å². The summed E-state index contributed by atoms with van der Waals surface area (Å²) in [6, 6.07) is 0.